The second kappa shape index (κ2) is 29.5. The Kier molecular flexibility index (Phi) is 31.3. The molecule has 4 rings (SSSR count). The number of para-hydroxylation sites is 4. The van der Waals surface area contributed by atoms with Crippen molar-refractivity contribution < 1.29 is 178 Å². The van der Waals surface area contributed by atoms with Gasteiger partial charge in [-0.2, -0.15) is 0 Å². The predicted octanol–water partition coefficient (Wildman–Crippen LogP) is -2.05. The van der Waals surface area contributed by atoms with Gasteiger partial charge in [0.1, 0.15) is 23.0 Å². The van der Waals surface area contributed by atoms with Gasteiger partial charge >= 0.3 is 65.2 Å². The molecule has 4 aromatic carbocycles. The van der Waals surface area contributed by atoms with Gasteiger partial charge in [-0.05, 0) is 48.5 Å². The molecule has 4 aromatic rings. The van der Waals surface area contributed by atoms with E-state index in [-0.39, 0.29) is 88.2 Å². The van der Waals surface area contributed by atoms with Gasteiger partial charge in [-0.15, -0.1) is 0 Å². The Morgan fingerprint density at radius 3 is 0.508 bits per heavy atom. The minimum atomic E-state index is -5.12. The molecular formula is C28H28O24P8Ti3. The Balaban J connectivity index is -0.000000750. The average Bonchev–Trinajstić information content (AvgIpc) is 3.02. The van der Waals surface area contributed by atoms with Crippen LogP contribution >= 0.6 is 60.8 Å². The average molecular weight is 1140 g/mol. The molecule has 0 aliphatic rings. The number of rotatable bonds is 16. The van der Waals surface area contributed by atoms with Gasteiger partial charge in [0.05, 0.1) is 23.6 Å². The van der Waals surface area contributed by atoms with E-state index in [0.717, 1.165) is 0 Å². The van der Waals surface area contributed by atoms with Crippen LogP contribution in [-0.2, 0) is 102 Å². The zero-order chi connectivity index (χ0) is 46.1. The fourth-order valence-corrected chi connectivity index (χ4v) is 13.0. The molecule has 0 heterocycles. The van der Waals surface area contributed by atoms with E-state index in [1.54, 1.807) is 24.3 Å². The summed E-state index contributed by atoms with van der Waals surface area (Å²) in [6.07, 6.45) is 0. The molecule has 24 nitrogen and oxygen atoms in total. The van der Waals surface area contributed by atoms with E-state index in [0.29, 0.717) is 0 Å². The van der Waals surface area contributed by atoms with Gasteiger partial charge in [-0.3, -0.25) is 18.3 Å². The fourth-order valence-electron chi connectivity index (χ4n) is 3.53. The second-order valence-electron chi connectivity index (χ2n) is 11.1. The second-order valence-corrected chi connectivity index (χ2v) is 26.1. The van der Waals surface area contributed by atoms with Crippen molar-refractivity contribution >= 4 is 60.8 Å². The topological polar surface area (TPSA) is 450 Å². The number of hydrogen-bond acceptors (Lipinski definition) is 24. The first-order valence-corrected chi connectivity index (χ1v) is 29.2. The Morgan fingerprint density at radius 2 is 0.397 bits per heavy atom. The standard InChI is InChI=1S/4C7H10O6P2.3Ti/c4*8-14(9,10)6-15(11,12)13-7-4-2-1-3-5-7;;;/h4*1-5H,6H2,(H,11,12)(H2,8,9,10);;;/q;;;;3*+4/p-12. The molecule has 0 fully saturated rings. The Bertz CT molecular complexity index is 1990. The van der Waals surface area contributed by atoms with Crippen LogP contribution in [0.15, 0.2) is 121 Å². The summed E-state index contributed by atoms with van der Waals surface area (Å²) in [7, 11) is -39.2. The van der Waals surface area contributed by atoms with Gasteiger partial charge in [0, 0.05) is 0 Å². The van der Waals surface area contributed by atoms with Crippen molar-refractivity contribution in [1.82, 2.24) is 0 Å². The first-order chi connectivity index (χ1) is 27.1. The first-order valence-electron chi connectivity index (χ1n) is 15.4. The third kappa shape index (κ3) is 38.3. The summed E-state index contributed by atoms with van der Waals surface area (Å²) in [5.74, 6) is -6.17. The molecule has 0 aliphatic carbocycles. The quantitative estimate of drug-likeness (QED) is 0.0861. The van der Waals surface area contributed by atoms with Crippen molar-refractivity contribution in [3.8, 4) is 23.0 Å². The zero-order valence-corrected chi connectivity index (χ0v) is 43.1. The fraction of sp³-hybridized carbons (Fsp3) is 0.143. The molecule has 63 heavy (non-hydrogen) atoms. The van der Waals surface area contributed by atoms with Crippen molar-refractivity contribution in [3.05, 3.63) is 121 Å². The molecule has 0 amide bonds. The molecule has 0 radical (unpaired) electrons. The van der Waals surface area contributed by atoms with Gasteiger partial charge in [0.15, 0.2) is 30.4 Å². The predicted molar refractivity (Wildman–Crippen MR) is 189 cm³/mol. The SMILES string of the molecule is O=P([O-])([O-])CP(=O)([O-])Oc1ccccc1.O=P([O-])([O-])CP(=O)([O-])Oc1ccccc1.O=P([O-])([O-])CP(=O)([O-])Oc1ccccc1.O=P([O-])([O-])CP(=O)([O-])Oc1ccccc1.[Ti+4].[Ti+4].[Ti+4]. The Hall–Kier alpha value is -0.417. The minimum absolute atomic E-state index is 0. The third-order valence-electron chi connectivity index (χ3n) is 5.34. The minimum Gasteiger partial charge on any atom is -0.810 e. The van der Waals surface area contributed by atoms with Crippen LogP contribution in [0.4, 0.5) is 0 Å². The summed E-state index contributed by atoms with van der Waals surface area (Å²) in [6, 6.07) is 29.4. The molecule has 0 bridgehead atoms. The van der Waals surface area contributed by atoms with E-state index in [2.05, 4.69) is 18.1 Å². The van der Waals surface area contributed by atoms with Crippen LogP contribution in [0.25, 0.3) is 0 Å². The normalized spacial score (nSPS) is 14.9. The van der Waals surface area contributed by atoms with Crippen LogP contribution < -0.4 is 76.8 Å². The van der Waals surface area contributed by atoms with E-state index in [1.165, 1.54) is 97.1 Å². The van der Waals surface area contributed by atoms with Crippen LogP contribution in [0.3, 0.4) is 0 Å². The van der Waals surface area contributed by atoms with Gasteiger partial charge in [-0.25, -0.2) is 0 Å². The van der Waals surface area contributed by atoms with E-state index in [1.807, 2.05) is 0 Å². The Morgan fingerprint density at radius 1 is 0.270 bits per heavy atom. The largest absolute Gasteiger partial charge is 4.00 e. The molecule has 4 atom stereocenters. The van der Waals surface area contributed by atoms with Crippen LogP contribution in [0, 0.1) is 0 Å². The third-order valence-corrected chi connectivity index (χ3v) is 18.4. The van der Waals surface area contributed by atoms with E-state index in [9.17, 15) is 95.2 Å². The molecule has 0 N–H and O–H groups in total. The van der Waals surface area contributed by atoms with Crippen molar-refractivity contribution in [2.24, 2.45) is 0 Å². The molecule has 0 spiro atoms. The molecule has 336 valence electrons. The summed E-state index contributed by atoms with van der Waals surface area (Å²) in [6.45, 7) is 0. The molecule has 4 unspecified atom stereocenters. The summed E-state index contributed by atoms with van der Waals surface area (Å²) < 4.78 is 103. The molecule has 0 saturated heterocycles. The molecule has 0 saturated carbocycles. The van der Waals surface area contributed by atoms with Gasteiger partial charge < -0.3 is 95.1 Å². The smallest absolute Gasteiger partial charge is 0.810 e. The van der Waals surface area contributed by atoms with Crippen LogP contribution in [0.5, 0.6) is 23.0 Å². The summed E-state index contributed by atoms with van der Waals surface area (Å²) in [5, 5.41) is 0. The maximum atomic E-state index is 11.0. The van der Waals surface area contributed by atoms with Crippen LogP contribution in [0.2, 0.25) is 0 Å². The van der Waals surface area contributed by atoms with Crippen molar-refractivity contribution in [3.63, 3.8) is 0 Å². The van der Waals surface area contributed by atoms with Crippen LogP contribution in [-0.4, -0.2) is 23.6 Å². The van der Waals surface area contributed by atoms with Crippen molar-refractivity contribution in [2.45, 2.75) is 0 Å². The zero-order valence-electron chi connectivity index (χ0n) is 31.3. The van der Waals surface area contributed by atoms with Gasteiger partial charge in [-0.1, -0.05) is 103 Å². The monoisotopic (exact) mass is 1140 g/mol. The number of hydrogen-bond donors (Lipinski definition) is 0. The summed E-state index contributed by atoms with van der Waals surface area (Å²) >= 11 is 0. The van der Waals surface area contributed by atoms with Gasteiger partial charge in [0.2, 0.25) is 0 Å². The summed E-state index contributed by atoms with van der Waals surface area (Å²) in [5.41, 5.74) is 0. The first kappa shape index (κ1) is 66.9. The van der Waals surface area contributed by atoms with Crippen molar-refractivity contribution in [1.29, 1.82) is 0 Å². The summed E-state index contributed by atoms with van der Waals surface area (Å²) in [4.78, 5) is 126. The van der Waals surface area contributed by atoms with Crippen LogP contribution in [0.1, 0.15) is 0 Å². The van der Waals surface area contributed by atoms with E-state index in [4.69, 9.17) is 0 Å². The van der Waals surface area contributed by atoms with E-state index >= 15 is 0 Å². The van der Waals surface area contributed by atoms with E-state index < -0.39 is 84.4 Å². The van der Waals surface area contributed by atoms with Crippen molar-refractivity contribution in [2.75, 3.05) is 23.6 Å². The molecule has 0 aliphatic heterocycles. The molecular weight excluding hydrogens is 1110 g/mol. The molecule has 35 heteroatoms. The molecule has 0 aromatic heterocycles. The maximum absolute atomic E-state index is 11.0. The Labute approximate surface area is 404 Å². The maximum Gasteiger partial charge on any atom is 4.00 e. The van der Waals surface area contributed by atoms with Gasteiger partial charge in [0.25, 0.3) is 0 Å². The number of benzene rings is 4.